The molecule has 3 saturated heterocycles. The zero-order valence-electron chi connectivity index (χ0n) is 19.9. The molecular formula is C23H35N5O5S. The van der Waals surface area contributed by atoms with Gasteiger partial charge in [0.1, 0.15) is 5.70 Å². The predicted octanol–water partition coefficient (Wildman–Crippen LogP) is 0.245. The molecule has 5 N–H and O–H groups in total. The van der Waals surface area contributed by atoms with Crippen molar-refractivity contribution in [3.63, 3.8) is 0 Å². The van der Waals surface area contributed by atoms with E-state index in [2.05, 4.69) is 29.3 Å². The number of urea groups is 1. The van der Waals surface area contributed by atoms with Gasteiger partial charge in [-0.15, -0.1) is 11.8 Å². The summed E-state index contributed by atoms with van der Waals surface area (Å²) in [7, 11) is 0. The third kappa shape index (κ3) is 4.58. The van der Waals surface area contributed by atoms with Gasteiger partial charge < -0.3 is 31.1 Å². The average Bonchev–Trinajstić information content (AvgIpc) is 3.30. The molecule has 7 atom stereocenters. The van der Waals surface area contributed by atoms with Gasteiger partial charge in [-0.25, -0.2) is 9.59 Å². The van der Waals surface area contributed by atoms with Crippen LogP contribution in [-0.2, 0) is 9.59 Å². The highest BCUT2D eigenvalue weighted by Crippen LogP contribution is 2.51. The zero-order valence-corrected chi connectivity index (χ0v) is 20.7. The third-order valence-electron chi connectivity index (χ3n) is 7.51. The molecule has 3 amide bonds. The molecule has 0 spiro atoms. The van der Waals surface area contributed by atoms with E-state index in [1.54, 1.807) is 23.6 Å². The van der Waals surface area contributed by atoms with Crippen molar-refractivity contribution in [3.05, 3.63) is 22.8 Å². The van der Waals surface area contributed by atoms with E-state index in [1.807, 2.05) is 6.92 Å². The Morgan fingerprint density at radius 1 is 1.32 bits per heavy atom. The first-order valence-corrected chi connectivity index (χ1v) is 12.8. The van der Waals surface area contributed by atoms with Gasteiger partial charge in [0.2, 0.25) is 5.91 Å². The summed E-state index contributed by atoms with van der Waals surface area (Å²) < 4.78 is 0. The van der Waals surface area contributed by atoms with Gasteiger partial charge in [0.25, 0.3) is 0 Å². The van der Waals surface area contributed by atoms with Gasteiger partial charge in [-0.05, 0) is 20.3 Å². The fraction of sp³-hybridized carbons (Fsp3) is 0.696. The molecule has 10 nitrogen and oxygen atoms in total. The zero-order chi connectivity index (χ0) is 24.7. The first kappa shape index (κ1) is 25.0. The Labute approximate surface area is 204 Å². The number of hydrogen-bond acceptors (Lipinski definition) is 7. The molecular weight excluding hydrogens is 458 g/mol. The van der Waals surface area contributed by atoms with Gasteiger partial charge in [0.15, 0.2) is 0 Å². The highest BCUT2D eigenvalue weighted by Gasteiger charge is 2.60. The molecule has 0 bridgehead atoms. The van der Waals surface area contributed by atoms with Crippen molar-refractivity contribution in [1.82, 2.24) is 20.0 Å². The molecule has 0 aromatic heterocycles. The summed E-state index contributed by atoms with van der Waals surface area (Å²) in [6.45, 7) is 9.27. The van der Waals surface area contributed by atoms with E-state index in [-0.39, 0.29) is 46.9 Å². The topological polar surface area (TPSA) is 139 Å². The summed E-state index contributed by atoms with van der Waals surface area (Å²) in [4.78, 5) is 42.0. The standard InChI is InChI=1S/C23H35N5O5S/c1-12-11-27(23(24)33)8-7-26(12)6-4-5-15-9-16(10-25-15)34-20-13(2)18-17(14(3)29)21(30)28(18)19(20)22(31)32/h4-5,12-18,25,29H,6-11H2,1-3H3,(H2,24,33)(H,31,32)/b5-4+/t12?,13-,14-,15-,16+,17-,18-/m1/s1. The van der Waals surface area contributed by atoms with Crippen LogP contribution in [0.1, 0.15) is 27.2 Å². The van der Waals surface area contributed by atoms with Crippen LogP contribution < -0.4 is 11.1 Å². The van der Waals surface area contributed by atoms with Gasteiger partial charge in [0.05, 0.1) is 18.1 Å². The van der Waals surface area contributed by atoms with Crippen LogP contribution in [0.3, 0.4) is 0 Å². The van der Waals surface area contributed by atoms with Crippen molar-refractivity contribution in [2.24, 2.45) is 17.6 Å². The number of rotatable bonds is 7. The molecule has 0 saturated carbocycles. The number of hydrogen-bond donors (Lipinski definition) is 4. The molecule has 0 radical (unpaired) electrons. The molecule has 4 rings (SSSR count). The van der Waals surface area contributed by atoms with Crippen LogP contribution >= 0.6 is 11.8 Å². The van der Waals surface area contributed by atoms with E-state index in [9.17, 15) is 24.6 Å². The summed E-state index contributed by atoms with van der Waals surface area (Å²) >= 11 is 1.56. The monoisotopic (exact) mass is 493 g/mol. The second-order valence-electron chi connectivity index (χ2n) is 9.82. The van der Waals surface area contributed by atoms with Crippen molar-refractivity contribution in [2.75, 3.05) is 32.7 Å². The quantitative estimate of drug-likeness (QED) is 0.292. The Bertz CT molecular complexity index is 908. The minimum atomic E-state index is -1.08. The number of nitrogens with two attached hydrogens (primary N) is 1. The van der Waals surface area contributed by atoms with Crippen LogP contribution in [0.25, 0.3) is 0 Å². The van der Waals surface area contributed by atoms with E-state index >= 15 is 0 Å². The molecule has 1 unspecified atom stereocenters. The molecule has 0 aromatic rings. The SMILES string of the molecule is CC1CN(C(N)=O)CCN1C/C=C/[C@@H]1C[C@H](SC2=C(C(=O)O)N3C(=O)[C@H]([C@@H](C)O)[C@H]3[C@H]2C)CN1. The third-order valence-corrected chi connectivity index (χ3v) is 9.03. The first-order chi connectivity index (χ1) is 16.1. The number of β-lactam (4-membered cyclic amide) rings is 1. The summed E-state index contributed by atoms with van der Waals surface area (Å²) in [6.07, 6.45) is 4.39. The lowest BCUT2D eigenvalue weighted by Gasteiger charge is -2.46. The second-order valence-corrected chi connectivity index (χ2v) is 11.2. The number of carboxylic acid groups (broad SMARTS) is 1. The van der Waals surface area contributed by atoms with Crippen molar-refractivity contribution >= 4 is 29.7 Å². The molecule has 4 heterocycles. The summed E-state index contributed by atoms with van der Waals surface area (Å²) in [5, 5.41) is 23.5. The summed E-state index contributed by atoms with van der Waals surface area (Å²) in [5.41, 5.74) is 5.48. The number of aliphatic hydroxyl groups excluding tert-OH is 1. The molecule has 4 aliphatic heterocycles. The Morgan fingerprint density at radius 3 is 2.68 bits per heavy atom. The maximum atomic E-state index is 12.5. The number of primary amides is 1. The van der Waals surface area contributed by atoms with Crippen molar-refractivity contribution < 1.29 is 24.6 Å². The highest BCUT2D eigenvalue weighted by atomic mass is 32.2. The van der Waals surface area contributed by atoms with Crippen LogP contribution in [0.2, 0.25) is 0 Å². The summed E-state index contributed by atoms with van der Waals surface area (Å²) in [5.74, 6) is -2.02. The van der Waals surface area contributed by atoms with Crippen LogP contribution in [0, 0.1) is 11.8 Å². The van der Waals surface area contributed by atoms with Crippen LogP contribution in [0.15, 0.2) is 22.8 Å². The summed E-state index contributed by atoms with van der Waals surface area (Å²) in [6, 6.07) is -0.194. The van der Waals surface area contributed by atoms with Crippen molar-refractivity contribution in [2.45, 2.75) is 56.7 Å². The lowest BCUT2D eigenvalue weighted by molar-refractivity contribution is -0.163. The Hall–Kier alpha value is -2.08. The van der Waals surface area contributed by atoms with E-state index in [0.717, 1.165) is 31.0 Å². The Morgan fingerprint density at radius 2 is 2.06 bits per heavy atom. The Kier molecular flexibility index (Phi) is 7.28. The van der Waals surface area contributed by atoms with E-state index in [4.69, 9.17) is 5.73 Å². The first-order valence-electron chi connectivity index (χ1n) is 11.9. The van der Waals surface area contributed by atoms with Crippen LogP contribution in [0.5, 0.6) is 0 Å². The maximum absolute atomic E-state index is 12.5. The largest absolute Gasteiger partial charge is 0.477 e. The number of aliphatic hydroxyl groups is 1. The number of aliphatic carboxylic acids is 1. The van der Waals surface area contributed by atoms with E-state index in [0.29, 0.717) is 13.1 Å². The van der Waals surface area contributed by atoms with Crippen LogP contribution in [-0.4, -0.2) is 105 Å². The molecule has 4 aliphatic rings. The van der Waals surface area contributed by atoms with Gasteiger partial charge in [0, 0.05) is 60.9 Å². The van der Waals surface area contributed by atoms with Crippen molar-refractivity contribution in [3.8, 4) is 0 Å². The fourth-order valence-electron chi connectivity index (χ4n) is 5.65. The Balaban J connectivity index is 1.32. The fourth-order valence-corrected chi connectivity index (χ4v) is 7.15. The van der Waals surface area contributed by atoms with Gasteiger partial charge in [-0.1, -0.05) is 19.1 Å². The molecule has 188 valence electrons. The number of nitrogens with zero attached hydrogens (tertiary/aromatic N) is 3. The van der Waals surface area contributed by atoms with E-state index < -0.39 is 18.0 Å². The van der Waals surface area contributed by atoms with Crippen molar-refractivity contribution in [1.29, 1.82) is 0 Å². The average molecular weight is 494 g/mol. The maximum Gasteiger partial charge on any atom is 0.353 e. The normalized spacial score (nSPS) is 35.1. The predicted molar refractivity (Wildman–Crippen MR) is 129 cm³/mol. The van der Waals surface area contributed by atoms with Gasteiger partial charge >= 0.3 is 12.0 Å². The number of fused-ring (bicyclic) bond motifs is 1. The lowest BCUT2D eigenvalue weighted by Crippen LogP contribution is -2.63. The molecule has 34 heavy (non-hydrogen) atoms. The molecule has 11 heteroatoms. The van der Waals surface area contributed by atoms with Gasteiger partial charge in [-0.3, -0.25) is 9.69 Å². The number of carbonyl (C=O) groups is 3. The number of thioether (sulfide) groups is 1. The van der Waals surface area contributed by atoms with Crippen LogP contribution in [0.4, 0.5) is 4.79 Å². The molecule has 0 aliphatic carbocycles. The minimum Gasteiger partial charge on any atom is -0.477 e. The van der Waals surface area contributed by atoms with Gasteiger partial charge in [-0.2, -0.15) is 0 Å². The molecule has 3 fully saturated rings. The molecule has 0 aromatic carbocycles. The number of carboxylic acids is 1. The number of nitrogens with one attached hydrogen (secondary N) is 1. The minimum absolute atomic E-state index is 0.0903. The lowest BCUT2D eigenvalue weighted by atomic mass is 9.79. The smallest absolute Gasteiger partial charge is 0.353 e. The second kappa shape index (κ2) is 9.88. The number of carbonyl (C=O) groups excluding carboxylic acids is 2. The number of piperazine rings is 1. The van der Waals surface area contributed by atoms with E-state index in [1.165, 1.54) is 4.90 Å². The number of amides is 3. The highest BCUT2D eigenvalue weighted by molar-refractivity contribution is 8.03.